The summed E-state index contributed by atoms with van der Waals surface area (Å²) in [7, 11) is 1.82. The lowest BCUT2D eigenvalue weighted by Gasteiger charge is -2.33. The van der Waals surface area contributed by atoms with Gasteiger partial charge in [-0.05, 0) is 51.4 Å². The molecule has 0 spiro atoms. The van der Waals surface area contributed by atoms with E-state index in [1.165, 1.54) is 65.1 Å². The normalized spacial score (nSPS) is 25.2. The molecule has 4 heteroatoms. The molecular formula is C14H29N3O. The van der Waals surface area contributed by atoms with E-state index in [4.69, 9.17) is 4.74 Å². The predicted molar refractivity (Wildman–Crippen MR) is 75.0 cm³/mol. The Labute approximate surface area is 112 Å². The van der Waals surface area contributed by atoms with Crippen LogP contribution >= 0.6 is 0 Å². The van der Waals surface area contributed by atoms with E-state index < -0.39 is 0 Å². The zero-order chi connectivity index (χ0) is 12.6. The van der Waals surface area contributed by atoms with Crippen LogP contribution in [0.1, 0.15) is 19.3 Å². The van der Waals surface area contributed by atoms with E-state index in [9.17, 15) is 0 Å². The van der Waals surface area contributed by atoms with Gasteiger partial charge in [-0.15, -0.1) is 0 Å². The van der Waals surface area contributed by atoms with Crippen molar-refractivity contribution in [1.82, 2.24) is 15.1 Å². The lowest BCUT2D eigenvalue weighted by Crippen LogP contribution is -2.41. The Morgan fingerprint density at radius 1 is 1.00 bits per heavy atom. The van der Waals surface area contributed by atoms with Crippen molar-refractivity contribution in [2.24, 2.45) is 5.92 Å². The molecule has 2 aliphatic heterocycles. The monoisotopic (exact) mass is 255 g/mol. The van der Waals surface area contributed by atoms with Crippen LogP contribution in [0.5, 0.6) is 0 Å². The maximum Gasteiger partial charge on any atom is 0.0491 e. The SMILES string of the molecule is COCC1CCN(CCN2CCCNCC2)CC1. The summed E-state index contributed by atoms with van der Waals surface area (Å²) in [6.07, 6.45) is 3.93. The molecule has 4 nitrogen and oxygen atoms in total. The first-order valence-corrected chi connectivity index (χ1v) is 7.53. The summed E-state index contributed by atoms with van der Waals surface area (Å²) in [6.45, 7) is 10.8. The Bertz CT molecular complexity index is 209. The second-order valence-electron chi connectivity index (χ2n) is 5.69. The maximum atomic E-state index is 5.25. The fourth-order valence-electron chi connectivity index (χ4n) is 3.02. The van der Waals surface area contributed by atoms with E-state index in [0.717, 1.165) is 19.1 Å². The fourth-order valence-corrected chi connectivity index (χ4v) is 3.02. The van der Waals surface area contributed by atoms with Crippen LogP contribution in [0.15, 0.2) is 0 Å². The summed E-state index contributed by atoms with van der Waals surface area (Å²) < 4.78 is 5.25. The average molecular weight is 255 g/mol. The number of methoxy groups -OCH3 is 1. The second-order valence-corrected chi connectivity index (χ2v) is 5.69. The van der Waals surface area contributed by atoms with Gasteiger partial charge in [0.2, 0.25) is 0 Å². The molecule has 2 aliphatic rings. The first-order chi connectivity index (χ1) is 8.88. The molecule has 0 amide bonds. The van der Waals surface area contributed by atoms with Crippen LogP contribution in [0.4, 0.5) is 0 Å². The zero-order valence-electron chi connectivity index (χ0n) is 11.9. The number of likely N-dealkylation sites (tertiary alicyclic amines) is 1. The Morgan fingerprint density at radius 3 is 2.44 bits per heavy atom. The molecule has 0 aromatic rings. The van der Waals surface area contributed by atoms with Crippen LogP contribution in [0, 0.1) is 5.92 Å². The van der Waals surface area contributed by atoms with Crippen molar-refractivity contribution in [3.63, 3.8) is 0 Å². The highest BCUT2D eigenvalue weighted by molar-refractivity contribution is 4.74. The number of hydrogen-bond donors (Lipinski definition) is 1. The van der Waals surface area contributed by atoms with Crippen LogP contribution < -0.4 is 5.32 Å². The molecular weight excluding hydrogens is 226 g/mol. The lowest BCUT2D eigenvalue weighted by atomic mass is 9.98. The molecule has 2 fully saturated rings. The predicted octanol–water partition coefficient (Wildman–Crippen LogP) is 0.640. The van der Waals surface area contributed by atoms with E-state index >= 15 is 0 Å². The van der Waals surface area contributed by atoms with Crippen LogP contribution in [0.3, 0.4) is 0 Å². The van der Waals surface area contributed by atoms with Gasteiger partial charge < -0.3 is 19.9 Å². The Kier molecular flexibility index (Phi) is 6.41. The number of rotatable bonds is 5. The van der Waals surface area contributed by atoms with E-state index in [0.29, 0.717) is 0 Å². The molecule has 0 aliphatic carbocycles. The molecule has 0 aromatic heterocycles. The highest BCUT2D eigenvalue weighted by Gasteiger charge is 2.19. The van der Waals surface area contributed by atoms with Gasteiger partial charge >= 0.3 is 0 Å². The lowest BCUT2D eigenvalue weighted by molar-refractivity contribution is 0.0942. The van der Waals surface area contributed by atoms with Crippen molar-refractivity contribution in [3.05, 3.63) is 0 Å². The number of nitrogens with zero attached hydrogens (tertiary/aromatic N) is 2. The van der Waals surface area contributed by atoms with Crippen molar-refractivity contribution >= 4 is 0 Å². The molecule has 0 bridgehead atoms. The summed E-state index contributed by atoms with van der Waals surface area (Å²) in [6, 6.07) is 0. The second kappa shape index (κ2) is 8.10. The molecule has 106 valence electrons. The van der Waals surface area contributed by atoms with Gasteiger partial charge in [0.15, 0.2) is 0 Å². The van der Waals surface area contributed by atoms with Crippen molar-refractivity contribution < 1.29 is 4.74 Å². The third-order valence-electron chi connectivity index (χ3n) is 4.27. The first-order valence-electron chi connectivity index (χ1n) is 7.53. The number of piperidine rings is 1. The minimum atomic E-state index is 0.800. The minimum Gasteiger partial charge on any atom is -0.384 e. The first kappa shape index (κ1) is 14.3. The van der Waals surface area contributed by atoms with Crippen molar-refractivity contribution in [3.8, 4) is 0 Å². The molecule has 1 N–H and O–H groups in total. The number of hydrogen-bond acceptors (Lipinski definition) is 4. The average Bonchev–Trinajstić information content (AvgIpc) is 2.67. The van der Waals surface area contributed by atoms with Gasteiger partial charge in [0.1, 0.15) is 0 Å². The summed E-state index contributed by atoms with van der Waals surface area (Å²) >= 11 is 0. The number of ether oxygens (including phenoxy) is 1. The van der Waals surface area contributed by atoms with Crippen LogP contribution in [-0.4, -0.2) is 75.9 Å². The molecule has 0 aromatic carbocycles. The molecule has 2 saturated heterocycles. The largest absolute Gasteiger partial charge is 0.384 e. The molecule has 18 heavy (non-hydrogen) atoms. The van der Waals surface area contributed by atoms with Crippen molar-refractivity contribution in [2.75, 3.05) is 66.1 Å². The molecule has 0 radical (unpaired) electrons. The molecule has 2 heterocycles. The zero-order valence-corrected chi connectivity index (χ0v) is 11.9. The summed E-state index contributed by atoms with van der Waals surface area (Å²) in [5.74, 6) is 0.800. The third-order valence-corrected chi connectivity index (χ3v) is 4.27. The minimum absolute atomic E-state index is 0.800. The Morgan fingerprint density at radius 2 is 1.72 bits per heavy atom. The van der Waals surface area contributed by atoms with Crippen LogP contribution in [-0.2, 0) is 4.74 Å². The van der Waals surface area contributed by atoms with Gasteiger partial charge in [-0.1, -0.05) is 0 Å². The van der Waals surface area contributed by atoms with E-state index in [1.54, 1.807) is 0 Å². The Balaban J connectivity index is 1.59. The fraction of sp³-hybridized carbons (Fsp3) is 1.00. The van der Waals surface area contributed by atoms with Gasteiger partial charge in [0, 0.05) is 39.9 Å². The molecule has 0 unspecified atom stereocenters. The smallest absolute Gasteiger partial charge is 0.0491 e. The van der Waals surface area contributed by atoms with Crippen molar-refractivity contribution in [1.29, 1.82) is 0 Å². The molecule has 2 rings (SSSR count). The summed E-state index contributed by atoms with van der Waals surface area (Å²) in [5.41, 5.74) is 0. The summed E-state index contributed by atoms with van der Waals surface area (Å²) in [5, 5.41) is 3.47. The summed E-state index contributed by atoms with van der Waals surface area (Å²) in [4.78, 5) is 5.24. The van der Waals surface area contributed by atoms with E-state index in [2.05, 4.69) is 15.1 Å². The Hall–Kier alpha value is -0.160. The number of nitrogens with one attached hydrogen (secondary N) is 1. The topological polar surface area (TPSA) is 27.7 Å². The van der Waals surface area contributed by atoms with Gasteiger partial charge in [0.25, 0.3) is 0 Å². The van der Waals surface area contributed by atoms with Crippen LogP contribution in [0.25, 0.3) is 0 Å². The van der Waals surface area contributed by atoms with Gasteiger partial charge in [-0.25, -0.2) is 0 Å². The highest BCUT2D eigenvalue weighted by Crippen LogP contribution is 2.16. The van der Waals surface area contributed by atoms with E-state index in [1.807, 2.05) is 7.11 Å². The van der Waals surface area contributed by atoms with Gasteiger partial charge in [-0.3, -0.25) is 0 Å². The van der Waals surface area contributed by atoms with E-state index in [-0.39, 0.29) is 0 Å². The standard InChI is InChI=1S/C14H29N3O/c1-18-13-14-3-8-17(9-4-14)12-11-16-7-2-5-15-6-10-16/h14-15H,2-13H2,1H3. The highest BCUT2D eigenvalue weighted by atomic mass is 16.5. The van der Waals surface area contributed by atoms with Crippen LogP contribution in [0.2, 0.25) is 0 Å². The molecule has 0 saturated carbocycles. The quantitative estimate of drug-likeness (QED) is 0.780. The maximum absolute atomic E-state index is 5.25. The van der Waals surface area contributed by atoms with Crippen molar-refractivity contribution in [2.45, 2.75) is 19.3 Å². The third kappa shape index (κ3) is 4.84. The van der Waals surface area contributed by atoms with Gasteiger partial charge in [-0.2, -0.15) is 0 Å². The van der Waals surface area contributed by atoms with Gasteiger partial charge in [0.05, 0.1) is 0 Å². The molecule has 0 atom stereocenters.